The Morgan fingerprint density at radius 3 is 2.66 bits per heavy atom. The van der Waals surface area contributed by atoms with Crippen LogP contribution >= 0.6 is 0 Å². The topological polar surface area (TPSA) is 62.6 Å². The second-order valence-corrected chi connectivity index (χ2v) is 7.68. The highest BCUT2D eigenvalue weighted by Gasteiger charge is 2.27. The second kappa shape index (κ2) is 9.25. The number of allylic oxidation sites excluding steroid dienone is 2. The summed E-state index contributed by atoms with van der Waals surface area (Å²) in [6, 6.07) is 9.83. The smallest absolute Gasteiger partial charge is 0.458 e. The highest BCUT2D eigenvalue weighted by molar-refractivity contribution is 6.43. The van der Waals surface area contributed by atoms with Gasteiger partial charge in [0.1, 0.15) is 5.75 Å². The molecule has 0 bridgehead atoms. The molecule has 2 heterocycles. The van der Waals surface area contributed by atoms with E-state index in [9.17, 15) is 10.1 Å². The molecule has 2 aromatic rings. The molecule has 0 radical (unpaired) electrons. The number of nitrogens with zero attached hydrogens (tertiary/aromatic N) is 1. The monoisotopic (exact) mass is 389 g/mol. The lowest BCUT2D eigenvalue weighted by Crippen LogP contribution is -2.31. The third-order valence-electron chi connectivity index (χ3n) is 5.22. The van der Waals surface area contributed by atoms with Gasteiger partial charge in [0.25, 0.3) is 0 Å². The van der Waals surface area contributed by atoms with Crippen molar-refractivity contribution in [3.05, 3.63) is 82.7 Å². The third-order valence-corrected chi connectivity index (χ3v) is 5.22. The number of benzene rings is 1. The van der Waals surface area contributed by atoms with Crippen LogP contribution < -0.4 is 0 Å². The van der Waals surface area contributed by atoms with Gasteiger partial charge in [0.2, 0.25) is 0 Å². The zero-order valence-electron chi connectivity index (χ0n) is 17.4. The highest BCUT2D eigenvalue weighted by Crippen LogP contribution is 2.31. The number of phenolic OH excluding ortho intramolecular Hbond substituents is 1. The van der Waals surface area contributed by atoms with Crippen LogP contribution in [0.4, 0.5) is 0 Å². The SMILES string of the molecule is C=C(C)C1=CCB(O)OC1CC/C(=C/c1cc(C)c(O)c(C)c1)c1ccccn1. The van der Waals surface area contributed by atoms with Crippen molar-refractivity contribution in [2.24, 2.45) is 0 Å². The van der Waals surface area contributed by atoms with Crippen LogP contribution in [-0.4, -0.2) is 28.3 Å². The summed E-state index contributed by atoms with van der Waals surface area (Å²) in [5.74, 6) is 0.336. The largest absolute Gasteiger partial charge is 0.507 e. The molecule has 29 heavy (non-hydrogen) atoms. The van der Waals surface area contributed by atoms with Gasteiger partial charge in [-0.15, -0.1) is 0 Å². The first kappa shape index (κ1) is 21.1. The van der Waals surface area contributed by atoms with Gasteiger partial charge in [-0.2, -0.15) is 0 Å². The first-order valence-corrected chi connectivity index (χ1v) is 9.96. The van der Waals surface area contributed by atoms with Crippen LogP contribution in [0.2, 0.25) is 6.32 Å². The van der Waals surface area contributed by atoms with Gasteiger partial charge in [-0.3, -0.25) is 4.98 Å². The number of aryl methyl sites for hydroxylation is 2. The number of phenols is 1. The molecule has 3 rings (SSSR count). The molecule has 1 aromatic heterocycles. The number of aromatic nitrogens is 1. The van der Waals surface area contributed by atoms with E-state index < -0.39 is 7.12 Å². The number of pyridine rings is 1. The van der Waals surface area contributed by atoms with Crippen molar-refractivity contribution in [2.45, 2.75) is 46.0 Å². The van der Waals surface area contributed by atoms with Gasteiger partial charge in [-0.1, -0.05) is 24.3 Å². The fourth-order valence-electron chi connectivity index (χ4n) is 3.74. The summed E-state index contributed by atoms with van der Waals surface area (Å²) >= 11 is 0. The molecule has 5 heteroatoms. The van der Waals surface area contributed by atoms with Crippen molar-refractivity contribution >= 4 is 18.8 Å². The minimum absolute atomic E-state index is 0.188. The fraction of sp³-hybridized carbons (Fsp3) is 0.292. The lowest BCUT2D eigenvalue weighted by molar-refractivity contribution is 0.184. The van der Waals surface area contributed by atoms with Gasteiger partial charge in [0.15, 0.2) is 0 Å². The third kappa shape index (κ3) is 5.25. The normalized spacial score (nSPS) is 17.2. The van der Waals surface area contributed by atoms with Gasteiger partial charge in [-0.05, 0) is 91.8 Å². The zero-order chi connectivity index (χ0) is 21.0. The van der Waals surface area contributed by atoms with E-state index in [1.807, 2.05) is 57.2 Å². The lowest BCUT2D eigenvalue weighted by Gasteiger charge is -2.27. The molecule has 0 saturated heterocycles. The van der Waals surface area contributed by atoms with Crippen LogP contribution in [0.5, 0.6) is 5.75 Å². The zero-order valence-corrected chi connectivity index (χ0v) is 17.4. The van der Waals surface area contributed by atoms with Crippen molar-refractivity contribution in [3.63, 3.8) is 0 Å². The van der Waals surface area contributed by atoms with Gasteiger partial charge in [0.05, 0.1) is 11.8 Å². The standard InChI is InChI=1S/C24H28BNO3/c1-16(2)21-10-11-25(28)29-23(21)9-8-20(22-7-5-6-12-26-22)15-19-13-17(3)24(27)18(4)14-19/h5-7,10,12-15,23,27-28H,1,8-9,11H2,2-4H3/b20-15-. The van der Waals surface area contributed by atoms with Crippen molar-refractivity contribution in [2.75, 3.05) is 0 Å². The van der Waals surface area contributed by atoms with E-state index in [4.69, 9.17) is 4.65 Å². The van der Waals surface area contributed by atoms with Crippen molar-refractivity contribution in [3.8, 4) is 5.75 Å². The van der Waals surface area contributed by atoms with E-state index >= 15 is 0 Å². The molecule has 0 amide bonds. The first-order chi connectivity index (χ1) is 13.8. The summed E-state index contributed by atoms with van der Waals surface area (Å²) in [4.78, 5) is 4.53. The summed E-state index contributed by atoms with van der Waals surface area (Å²) < 4.78 is 5.80. The number of rotatable bonds is 6. The van der Waals surface area contributed by atoms with Crippen LogP contribution in [-0.2, 0) is 4.65 Å². The Morgan fingerprint density at radius 2 is 2.03 bits per heavy atom. The molecular weight excluding hydrogens is 361 g/mol. The molecule has 4 nitrogen and oxygen atoms in total. The highest BCUT2D eigenvalue weighted by atomic mass is 16.5. The molecule has 0 spiro atoms. The lowest BCUT2D eigenvalue weighted by atomic mass is 9.78. The van der Waals surface area contributed by atoms with Gasteiger partial charge < -0.3 is 14.8 Å². The summed E-state index contributed by atoms with van der Waals surface area (Å²) in [7, 11) is -0.771. The Morgan fingerprint density at radius 1 is 1.31 bits per heavy atom. The van der Waals surface area contributed by atoms with Gasteiger partial charge in [-0.25, -0.2) is 0 Å². The Hall–Kier alpha value is -2.63. The fourth-order valence-corrected chi connectivity index (χ4v) is 3.74. The molecule has 1 aromatic carbocycles. The maximum absolute atomic E-state index is 10.1. The maximum atomic E-state index is 10.1. The molecular formula is C24H28BNO3. The molecule has 2 N–H and O–H groups in total. The molecule has 0 saturated carbocycles. The quantitative estimate of drug-likeness (QED) is 0.675. The maximum Gasteiger partial charge on any atom is 0.458 e. The number of hydrogen-bond donors (Lipinski definition) is 2. The second-order valence-electron chi connectivity index (χ2n) is 7.68. The molecule has 1 unspecified atom stereocenters. The number of aromatic hydroxyl groups is 1. The minimum Gasteiger partial charge on any atom is -0.507 e. The first-order valence-electron chi connectivity index (χ1n) is 9.96. The molecule has 1 aliphatic heterocycles. The van der Waals surface area contributed by atoms with E-state index in [-0.39, 0.29) is 6.10 Å². The average Bonchev–Trinajstić information content (AvgIpc) is 2.69. The Labute approximate surface area is 173 Å². The van der Waals surface area contributed by atoms with Crippen LogP contribution in [0.1, 0.15) is 42.1 Å². The van der Waals surface area contributed by atoms with Crippen molar-refractivity contribution < 1.29 is 14.8 Å². The summed E-state index contributed by atoms with van der Waals surface area (Å²) in [5.41, 5.74) is 6.75. The molecule has 0 fully saturated rings. The van der Waals surface area contributed by atoms with Crippen molar-refractivity contribution in [1.29, 1.82) is 0 Å². The Kier molecular flexibility index (Phi) is 6.73. The van der Waals surface area contributed by atoms with E-state index in [1.165, 1.54) is 0 Å². The minimum atomic E-state index is -0.771. The van der Waals surface area contributed by atoms with Crippen LogP contribution in [0.25, 0.3) is 11.6 Å². The molecule has 150 valence electrons. The Balaban J connectivity index is 1.90. The molecule has 1 aliphatic rings. The summed E-state index contributed by atoms with van der Waals surface area (Å²) in [6.07, 6.45) is 7.69. The van der Waals surface area contributed by atoms with E-state index in [0.29, 0.717) is 18.5 Å². The van der Waals surface area contributed by atoms with E-state index in [0.717, 1.165) is 45.5 Å². The summed E-state index contributed by atoms with van der Waals surface area (Å²) in [6.45, 7) is 9.83. The van der Waals surface area contributed by atoms with Crippen molar-refractivity contribution in [1.82, 2.24) is 4.98 Å². The molecule has 1 atom stereocenters. The molecule has 0 aliphatic carbocycles. The predicted octanol–water partition coefficient (Wildman–Crippen LogP) is 5.11. The average molecular weight is 389 g/mol. The van der Waals surface area contributed by atoms with Crippen LogP contribution in [0.15, 0.2) is 60.3 Å². The van der Waals surface area contributed by atoms with Gasteiger partial charge >= 0.3 is 7.12 Å². The Bertz CT molecular complexity index is 927. The van der Waals surface area contributed by atoms with E-state index in [2.05, 4.69) is 17.6 Å². The van der Waals surface area contributed by atoms with E-state index in [1.54, 1.807) is 6.20 Å². The number of hydrogen-bond acceptors (Lipinski definition) is 4. The summed E-state index contributed by atoms with van der Waals surface area (Å²) in [5, 5.41) is 20.0. The van der Waals surface area contributed by atoms with Crippen LogP contribution in [0, 0.1) is 13.8 Å². The van der Waals surface area contributed by atoms with Crippen LogP contribution in [0.3, 0.4) is 0 Å². The predicted molar refractivity (Wildman–Crippen MR) is 119 cm³/mol. The van der Waals surface area contributed by atoms with Gasteiger partial charge in [0, 0.05) is 12.5 Å².